The minimum absolute atomic E-state index is 0.0615. The number of thiophene rings is 1. The van der Waals surface area contributed by atoms with E-state index in [0.717, 1.165) is 11.3 Å². The molecule has 0 N–H and O–H groups in total. The van der Waals surface area contributed by atoms with E-state index in [9.17, 15) is 4.79 Å². The Morgan fingerprint density at radius 2 is 1.76 bits per heavy atom. The normalized spacial score (nSPS) is 10.4. The van der Waals surface area contributed by atoms with Crippen molar-refractivity contribution in [3.63, 3.8) is 0 Å². The number of amides is 1. The first-order valence-corrected chi connectivity index (χ1v) is 9.22. The first-order chi connectivity index (χ1) is 12.3. The lowest BCUT2D eigenvalue weighted by Gasteiger charge is -2.20. The Morgan fingerprint density at radius 3 is 2.40 bits per heavy atom. The Bertz CT molecular complexity index is 783. The molecule has 1 heterocycles. The fourth-order valence-electron chi connectivity index (χ4n) is 2.53. The number of carbonyl (C=O) groups excluding carboxylic acids is 1. The molecule has 0 bridgehead atoms. The van der Waals surface area contributed by atoms with Crippen LogP contribution in [0.3, 0.4) is 0 Å². The molecule has 0 saturated heterocycles. The van der Waals surface area contributed by atoms with Crippen LogP contribution in [0.1, 0.15) is 27.7 Å². The summed E-state index contributed by atoms with van der Waals surface area (Å²) in [5.41, 5.74) is 1.75. The van der Waals surface area contributed by atoms with Gasteiger partial charge in [0.05, 0.1) is 6.54 Å². The van der Waals surface area contributed by atoms with Crippen molar-refractivity contribution in [2.24, 2.45) is 0 Å². The number of hydrogen-bond acceptors (Lipinski definition) is 3. The standard InChI is InChI=1S/C21H21NO2S/c1-2-22(15-20-9-6-14-25-20)21(23)18-12-10-17(11-13-18)16-24-19-7-4-3-5-8-19/h3-14H,2,15-16H2,1H3. The molecular formula is C21H21NO2S. The molecule has 1 amide bonds. The number of rotatable bonds is 7. The molecule has 0 spiro atoms. The van der Waals surface area contributed by atoms with Crippen molar-refractivity contribution in [1.29, 1.82) is 0 Å². The third kappa shape index (κ3) is 4.70. The Hall–Kier alpha value is -2.59. The lowest BCUT2D eigenvalue weighted by atomic mass is 10.1. The first kappa shape index (κ1) is 17.2. The number of carbonyl (C=O) groups is 1. The third-order valence-electron chi connectivity index (χ3n) is 3.95. The van der Waals surface area contributed by atoms with Gasteiger partial charge < -0.3 is 9.64 Å². The molecule has 3 rings (SSSR count). The molecule has 128 valence electrons. The summed E-state index contributed by atoms with van der Waals surface area (Å²) in [5.74, 6) is 0.905. The smallest absolute Gasteiger partial charge is 0.254 e. The van der Waals surface area contributed by atoms with E-state index in [2.05, 4.69) is 6.07 Å². The van der Waals surface area contributed by atoms with Gasteiger partial charge in [-0.1, -0.05) is 36.4 Å². The van der Waals surface area contributed by atoms with Crippen molar-refractivity contribution < 1.29 is 9.53 Å². The van der Waals surface area contributed by atoms with E-state index in [1.54, 1.807) is 11.3 Å². The lowest BCUT2D eigenvalue weighted by molar-refractivity contribution is 0.0754. The van der Waals surface area contributed by atoms with Crippen molar-refractivity contribution in [2.45, 2.75) is 20.1 Å². The van der Waals surface area contributed by atoms with Gasteiger partial charge in [0.1, 0.15) is 12.4 Å². The second-order valence-electron chi connectivity index (χ2n) is 5.70. The molecule has 0 saturated carbocycles. The zero-order valence-corrected chi connectivity index (χ0v) is 15.0. The van der Waals surface area contributed by atoms with Gasteiger partial charge in [-0.05, 0) is 48.2 Å². The highest BCUT2D eigenvalue weighted by Gasteiger charge is 2.14. The minimum Gasteiger partial charge on any atom is -0.489 e. The Kier molecular flexibility index (Phi) is 5.86. The quantitative estimate of drug-likeness (QED) is 0.600. The molecule has 3 nitrogen and oxygen atoms in total. The number of para-hydroxylation sites is 1. The van der Waals surface area contributed by atoms with E-state index in [4.69, 9.17) is 4.74 Å². The van der Waals surface area contributed by atoms with E-state index in [1.165, 1.54) is 4.88 Å². The molecule has 0 atom stereocenters. The van der Waals surface area contributed by atoms with Crippen LogP contribution in [0.25, 0.3) is 0 Å². The van der Waals surface area contributed by atoms with Gasteiger partial charge >= 0.3 is 0 Å². The zero-order chi connectivity index (χ0) is 17.5. The number of ether oxygens (including phenoxy) is 1. The Balaban J connectivity index is 1.61. The third-order valence-corrected chi connectivity index (χ3v) is 4.81. The molecule has 3 aromatic rings. The first-order valence-electron chi connectivity index (χ1n) is 8.34. The molecule has 0 fully saturated rings. The maximum Gasteiger partial charge on any atom is 0.254 e. The number of benzene rings is 2. The molecule has 25 heavy (non-hydrogen) atoms. The molecule has 2 aromatic carbocycles. The van der Waals surface area contributed by atoms with Gasteiger partial charge in [-0.3, -0.25) is 4.79 Å². The molecule has 1 aromatic heterocycles. The van der Waals surface area contributed by atoms with E-state index in [-0.39, 0.29) is 5.91 Å². The summed E-state index contributed by atoms with van der Waals surface area (Å²) in [6.07, 6.45) is 0. The van der Waals surface area contributed by atoms with Crippen LogP contribution in [0.15, 0.2) is 72.1 Å². The molecule has 0 aliphatic carbocycles. The van der Waals surface area contributed by atoms with Crippen LogP contribution in [0.4, 0.5) is 0 Å². The summed E-state index contributed by atoms with van der Waals surface area (Å²) in [6.45, 7) is 3.85. The largest absolute Gasteiger partial charge is 0.489 e. The average molecular weight is 351 g/mol. The van der Waals surface area contributed by atoms with Crippen molar-refractivity contribution in [1.82, 2.24) is 4.90 Å². The van der Waals surface area contributed by atoms with Gasteiger partial charge in [0, 0.05) is 17.0 Å². The van der Waals surface area contributed by atoms with E-state index in [1.807, 2.05) is 77.9 Å². The van der Waals surface area contributed by atoms with E-state index in [0.29, 0.717) is 25.3 Å². The SMILES string of the molecule is CCN(Cc1cccs1)C(=O)c1ccc(COc2ccccc2)cc1. The summed E-state index contributed by atoms with van der Waals surface area (Å²) in [7, 11) is 0. The monoisotopic (exact) mass is 351 g/mol. The summed E-state index contributed by atoms with van der Waals surface area (Å²) in [6, 6.07) is 21.5. The van der Waals surface area contributed by atoms with E-state index < -0.39 is 0 Å². The fourth-order valence-corrected chi connectivity index (χ4v) is 3.25. The van der Waals surface area contributed by atoms with Gasteiger partial charge in [-0.2, -0.15) is 0 Å². The summed E-state index contributed by atoms with van der Waals surface area (Å²) >= 11 is 1.68. The molecule has 0 aliphatic heterocycles. The molecule has 0 radical (unpaired) electrons. The van der Waals surface area contributed by atoms with Crippen molar-refractivity contribution in [3.05, 3.63) is 88.1 Å². The summed E-state index contributed by atoms with van der Waals surface area (Å²) in [5, 5.41) is 2.04. The summed E-state index contributed by atoms with van der Waals surface area (Å²) < 4.78 is 5.74. The molecule has 4 heteroatoms. The zero-order valence-electron chi connectivity index (χ0n) is 14.2. The van der Waals surface area contributed by atoms with Crippen LogP contribution in [0.2, 0.25) is 0 Å². The van der Waals surface area contributed by atoms with Crippen LogP contribution >= 0.6 is 11.3 Å². The van der Waals surface area contributed by atoms with Gasteiger partial charge in [0.2, 0.25) is 0 Å². The van der Waals surface area contributed by atoms with Gasteiger partial charge in [-0.25, -0.2) is 0 Å². The van der Waals surface area contributed by atoms with Crippen LogP contribution in [0, 0.1) is 0 Å². The van der Waals surface area contributed by atoms with Crippen molar-refractivity contribution in [2.75, 3.05) is 6.54 Å². The predicted molar refractivity (Wildman–Crippen MR) is 102 cm³/mol. The van der Waals surface area contributed by atoms with Crippen molar-refractivity contribution >= 4 is 17.2 Å². The van der Waals surface area contributed by atoms with Gasteiger partial charge in [0.25, 0.3) is 5.91 Å². The maximum absolute atomic E-state index is 12.7. The highest BCUT2D eigenvalue weighted by atomic mass is 32.1. The topological polar surface area (TPSA) is 29.5 Å². The van der Waals surface area contributed by atoms with Gasteiger partial charge in [0.15, 0.2) is 0 Å². The maximum atomic E-state index is 12.7. The van der Waals surface area contributed by atoms with E-state index >= 15 is 0 Å². The van der Waals surface area contributed by atoms with Crippen molar-refractivity contribution in [3.8, 4) is 5.75 Å². The van der Waals surface area contributed by atoms with Crippen LogP contribution in [-0.2, 0) is 13.2 Å². The van der Waals surface area contributed by atoms with Gasteiger partial charge in [-0.15, -0.1) is 11.3 Å². The molecule has 0 aliphatic rings. The highest BCUT2D eigenvalue weighted by molar-refractivity contribution is 7.09. The number of nitrogens with zero attached hydrogens (tertiary/aromatic N) is 1. The second kappa shape index (κ2) is 8.49. The summed E-state index contributed by atoms with van der Waals surface area (Å²) in [4.78, 5) is 15.8. The Labute approximate surface area is 152 Å². The average Bonchev–Trinajstić information content (AvgIpc) is 3.18. The van der Waals surface area contributed by atoms with Crippen LogP contribution in [0.5, 0.6) is 5.75 Å². The minimum atomic E-state index is 0.0615. The number of hydrogen-bond donors (Lipinski definition) is 0. The predicted octanol–water partition coefficient (Wildman–Crippen LogP) is 4.99. The lowest BCUT2D eigenvalue weighted by Crippen LogP contribution is -2.29. The van der Waals surface area contributed by atoms with Crippen LogP contribution in [-0.4, -0.2) is 17.4 Å². The second-order valence-corrected chi connectivity index (χ2v) is 6.73. The van der Waals surface area contributed by atoms with Crippen LogP contribution < -0.4 is 4.74 Å². The Morgan fingerprint density at radius 1 is 1.00 bits per heavy atom. The molecular weight excluding hydrogens is 330 g/mol. The fraction of sp³-hybridized carbons (Fsp3) is 0.190. The highest BCUT2D eigenvalue weighted by Crippen LogP contribution is 2.16. The molecule has 0 unspecified atom stereocenters.